The second-order valence-electron chi connectivity index (χ2n) is 6.66. The van der Waals surface area contributed by atoms with E-state index in [-0.39, 0.29) is 13.0 Å². The van der Waals surface area contributed by atoms with Crippen LogP contribution in [0, 0.1) is 0 Å². The maximum atomic E-state index is 12.4. The third-order valence-corrected chi connectivity index (χ3v) is 3.83. The minimum absolute atomic E-state index is 0.00959. The molecule has 1 aromatic rings. The van der Waals surface area contributed by atoms with E-state index < -0.39 is 29.3 Å². The molecule has 8 nitrogen and oxygen atoms in total. The highest BCUT2D eigenvalue weighted by atomic mass is 31.0. The van der Waals surface area contributed by atoms with Gasteiger partial charge < -0.3 is 18.9 Å². The number of amides is 1. The average molecular weight is 343 g/mol. The summed E-state index contributed by atoms with van der Waals surface area (Å²) in [6, 6.07) is -0.941. The van der Waals surface area contributed by atoms with Gasteiger partial charge in [0.25, 0.3) is 0 Å². The molecule has 0 radical (unpaired) electrons. The van der Waals surface area contributed by atoms with Crippen molar-refractivity contribution in [3.8, 4) is 0 Å². The lowest BCUT2D eigenvalue weighted by Gasteiger charge is -2.27. The van der Waals surface area contributed by atoms with E-state index in [9.17, 15) is 14.7 Å². The molecule has 9 heteroatoms. The fourth-order valence-corrected chi connectivity index (χ4v) is 2.82. The summed E-state index contributed by atoms with van der Waals surface area (Å²) >= 11 is 0. The topological polar surface area (TPSA) is 93.9 Å². The van der Waals surface area contributed by atoms with Crippen LogP contribution >= 0.6 is 9.47 Å². The summed E-state index contributed by atoms with van der Waals surface area (Å²) in [7, 11) is 3.60. The zero-order valence-electron chi connectivity index (χ0n) is 13.6. The highest BCUT2D eigenvalue weighted by molar-refractivity contribution is 7.10. The number of nitrogens with zero attached hydrogens (tertiary/aromatic N) is 3. The van der Waals surface area contributed by atoms with E-state index in [4.69, 9.17) is 4.74 Å². The van der Waals surface area contributed by atoms with Crippen molar-refractivity contribution in [3.63, 3.8) is 0 Å². The van der Waals surface area contributed by atoms with Gasteiger partial charge in [-0.3, -0.25) is 4.90 Å². The Bertz CT molecular complexity index is 612. The number of rotatable bonds is 2. The number of likely N-dealkylation sites (tertiary alicyclic amines) is 1. The lowest BCUT2D eigenvalue weighted by molar-refractivity contribution is -0.138. The van der Waals surface area contributed by atoms with Gasteiger partial charge in [-0.2, -0.15) is 0 Å². The Morgan fingerprint density at radius 2 is 2.13 bits per heavy atom. The Labute approximate surface area is 137 Å². The molecule has 1 fully saturated rings. The van der Waals surface area contributed by atoms with E-state index in [1.807, 2.05) is 9.47 Å². The molecule has 0 bridgehead atoms. The largest absolute Gasteiger partial charge is 0.450 e. The molecule has 0 saturated carbocycles. The van der Waals surface area contributed by atoms with E-state index in [1.165, 1.54) is 4.90 Å². The predicted octanol–water partition coefficient (Wildman–Crippen LogP) is 0.950. The van der Waals surface area contributed by atoms with Gasteiger partial charge in [0.2, 0.25) is 0 Å². The highest BCUT2D eigenvalue weighted by Crippen LogP contribution is 2.36. The van der Waals surface area contributed by atoms with Crippen molar-refractivity contribution in [2.24, 2.45) is 7.05 Å². The molecule has 1 aromatic heterocycles. The first-order valence-electron chi connectivity index (χ1n) is 7.18. The number of imidazole rings is 1. The van der Waals surface area contributed by atoms with Crippen LogP contribution in [0.3, 0.4) is 0 Å². The van der Waals surface area contributed by atoms with Gasteiger partial charge in [-0.15, -0.1) is 0 Å². The first-order chi connectivity index (χ1) is 10.6. The zero-order valence-corrected chi connectivity index (χ0v) is 14.8. The molecule has 0 aliphatic carbocycles. The molecule has 2 rings (SSSR count). The van der Waals surface area contributed by atoms with E-state index in [1.54, 1.807) is 44.8 Å². The third-order valence-electron chi connectivity index (χ3n) is 3.59. The monoisotopic (exact) mass is 343 g/mol. The summed E-state index contributed by atoms with van der Waals surface area (Å²) in [6.45, 7) is 5.09. The van der Waals surface area contributed by atoms with Gasteiger partial charge in [-0.25, -0.2) is 14.6 Å². The van der Waals surface area contributed by atoms with Gasteiger partial charge in [-0.1, -0.05) is 0 Å². The fourth-order valence-electron chi connectivity index (χ4n) is 2.66. The lowest BCUT2D eigenvalue weighted by atomic mass is 9.99. The van der Waals surface area contributed by atoms with E-state index in [0.29, 0.717) is 5.82 Å². The SMILES string of the molecule is Cn1ccnc1[C@]1(O)C[C@@H](C(=O)OP)N(C(=O)OC(C)(C)C)C1. The number of aryl methyl sites for hydroxylation is 1. The Morgan fingerprint density at radius 3 is 2.61 bits per heavy atom. The molecule has 3 atom stereocenters. The number of hydrogen-bond acceptors (Lipinski definition) is 6. The number of hydrogen-bond donors (Lipinski definition) is 1. The molecule has 1 unspecified atom stereocenters. The van der Waals surface area contributed by atoms with Crippen molar-refractivity contribution >= 4 is 21.5 Å². The Morgan fingerprint density at radius 1 is 1.48 bits per heavy atom. The quantitative estimate of drug-likeness (QED) is 0.804. The van der Waals surface area contributed by atoms with Gasteiger partial charge >= 0.3 is 12.1 Å². The van der Waals surface area contributed by atoms with Crippen LogP contribution in [0.1, 0.15) is 33.0 Å². The van der Waals surface area contributed by atoms with Crippen LogP contribution in [0.15, 0.2) is 12.4 Å². The molecule has 1 aliphatic heterocycles. The second-order valence-corrected chi connectivity index (χ2v) is 6.89. The maximum Gasteiger partial charge on any atom is 0.411 e. The molecular formula is C14H22N3O5P. The Balaban J connectivity index is 2.31. The number of carbonyl (C=O) groups is 2. The maximum absolute atomic E-state index is 12.4. The van der Waals surface area contributed by atoms with Crippen LogP contribution in [0.2, 0.25) is 0 Å². The van der Waals surface area contributed by atoms with Crippen LogP contribution in [0.25, 0.3) is 0 Å². The van der Waals surface area contributed by atoms with E-state index in [0.717, 1.165) is 0 Å². The van der Waals surface area contributed by atoms with Crippen molar-refractivity contribution in [2.45, 2.75) is 44.4 Å². The van der Waals surface area contributed by atoms with Crippen LogP contribution in [0.4, 0.5) is 4.79 Å². The van der Waals surface area contributed by atoms with E-state index in [2.05, 4.69) is 9.51 Å². The molecule has 2 heterocycles. The molecule has 1 aliphatic rings. The van der Waals surface area contributed by atoms with E-state index >= 15 is 0 Å². The molecule has 1 N–H and O–H groups in total. The summed E-state index contributed by atoms with van der Waals surface area (Å²) in [4.78, 5) is 29.7. The number of aliphatic hydroxyl groups is 1. The molecule has 0 aromatic carbocycles. The third kappa shape index (κ3) is 3.64. The van der Waals surface area contributed by atoms with Gasteiger partial charge in [0, 0.05) is 25.9 Å². The van der Waals surface area contributed by atoms with Gasteiger partial charge in [-0.05, 0) is 20.8 Å². The standard InChI is InChI=1S/C14H22N3O5P/c1-13(2,3)21-12(19)17-8-14(20,7-9(17)10(18)22-23)11-15-5-6-16(11)4/h5-6,9,20H,7-8,23H2,1-4H3/t9-,14-/m0/s1. The summed E-state index contributed by atoms with van der Waals surface area (Å²) < 4.78 is 11.7. The van der Waals surface area contributed by atoms with Crippen molar-refractivity contribution in [1.29, 1.82) is 0 Å². The molecule has 23 heavy (non-hydrogen) atoms. The van der Waals surface area contributed by atoms with Crippen LogP contribution in [-0.4, -0.2) is 49.8 Å². The van der Waals surface area contributed by atoms with Crippen molar-refractivity contribution < 1.29 is 24.0 Å². The summed E-state index contributed by atoms with van der Waals surface area (Å²) in [5, 5.41) is 10.9. The molecular weight excluding hydrogens is 321 g/mol. The number of carbonyl (C=O) groups excluding carboxylic acids is 2. The molecule has 128 valence electrons. The van der Waals surface area contributed by atoms with Crippen molar-refractivity contribution in [1.82, 2.24) is 14.5 Å². The minimum atomic E-state index is -1.45. The summed E-state index contributed by atoms with van der Waals surface area (Å²) in [6.07, 6.45) is 2.55. The number of ether oxygens (including phenoxy) is 1. The Hall–Kier alpha value is -1.66. The molecule has 1 amide bonds. The zero-order chi connectivity index (χ0) is 17.4. The number of β-amino-alcohol motifs (C(OH)–C–C–N with tert-alkyl or cyclic N) is 1. The smallest absolute Gasteiger partial charge is 0.411 e. The van der Waals surface area contributed by atoms with Gasteiger partial charge in [0.15, 0.2) is 0 Å². The lowest BCUT2D eigenvalue weighted by Crippen LogP contribution is -2.44. The van der Waals surface area contributed by atoms with Crippen molar-refractivity contribution in [2.75, 3.05) is 6.54 Å². The normalized spacial score (nSPS) is 24.6. The van der Waals surface area contributed by atoms with Crippen LogP contribution in [-0.2, 0) is 26.7 Å². The van der Waals surface area contributed by atoms with Crippen molar-refractivity contribution in [3.05, 3.63) is 18.2 Å². The fraction of sp³-hybridized carbons (Fsp3) is 0.643. The Kier molecular flexibility index (Phi) is 4.69. The van der Waals surface area contributed by atoms with Crippen LogP contribution < -0.4 is 0 Å². The summed E-state index contributed by atoms with van der Waals surface area (Å²) in [5.41, 5.74) is -2.16. The first kappa shape index (κ1) is 17.7. The first-order valence-corrected chi connectivity index (χ1v) is 7.65. The van der Waals surface area contributed by atoms with Gasteiger partial charge in [0.1, 0.15) is 23.1 Å². The predicted molar refractivity (Wildman–Crippen MR) is 84.3 cm³/mol. The molecule has 1 saturated heterocycles. The average Bonchev–Trinajstić information content (AvgIpc) is 3.01. The minimum Gasteiger partial charge on any atom is -0.450 e. The summed E-state index contributed by atoms with van der Waals surface area (Å²) in [5.74, 6) is -0.254. The second kappa shape index (κ2) is 6.09. The molecule has 0 spiro atoms. The van der Waals surface area contributed by atoms with Gasteiger partial charge in [0.05, 0.1) is 16.0 Å². The number of aromatic nitrogens is 2. The highest BCUT2D eigenvalue weighted by Gasteiger charge is 2.52. The van der Waals surface area contributed by atoms with Crippen LogP contribution in [0.5, 0.6) is 0 Å².